The SMILES string of the molecule is CC(C)[O-].CC(C)[O-].CC(C)[O-].[C-]#C[Si](C)(C)C.[Ti+4]. The first kappa shape index (κ1) is 31.7. The van der Waals surface area contributed by atoms with E-state index < -0.39 is 26.4 Å². The topological polar surface area (TPSA) is 69.2 Å². The largest absolute Gasteiger partial charge is 4.00 e. The van der Waals surface area contributed by atoms with Gasteiger partial charge in [-0.2, -0.15) is 0 Å². The van der Waals surface area contributed by atoms with Crippen molar-refractivity contribution >= 4 is 8.07 Å². The van der Waals surface area contributed by atoms with Crippen LogP contribution in [0, 0.1) is 12.0 Å². The zero-order chi connectivity index (χ0) is 15.9. The zero-order valence-corrected chi connectivity index (χ0v) is 16.5. The van der Waals surface area contributed by atoms with E-state index in [2.05, 4.69) is 25.2 Å². The third kappa shape index (κ3) is 433. The summed E-state index contributed by atoms with van der Waals surface area (Å²) in [6.07, 6.45) is 5.42. The average molecular weight is 322 g/mol. The van der Waals surface area contributed by atoms with Gasteiger partial charge in [-0.1, -0.05) is 61.2 Å². The number of rotatable bonds is 0. The van der Waals surface area contributed by atoms with Gasteiger partial charge in [-0.05, 0) is 0 Å². The maximum Gasteiger partial charge on any atom is 4.00 e. The predicted octanol–water partition coefficient (Wildman–Crippen LogP) is 0.716. The maximum absolute atomic E-state index is 9.53. The second kappa shape index (κ2) is 20.7. The molecule has 0 spiro atoms. The van der Waals surface area contributed by atoms with E-state index in [4.69, 9.17) is 6.42 Å². The summed E-state index contributed by atoms with van der Waals surface area (Å²) >= 11 is 0. The van der Waals surface area contributed by atoms with Gasteiger partial charge in [0.05, 0.1) is 8.07 Å². The van der Waals surface area contributed by atoms with Crippen LogP contribution in [0.15, 0.2) is 0 Å². The zero-order valence-electron chi connectivity index (χ0n) is 14.0. The molecule has 0 rings (SSSR count). The molecule has 0 N–H and O–H groups in total. The minimum Gasteiger partial charge on any atom is -0.852 e. The fraction of sp³-hybridized carbons (Fsp3) is 0.857. The van der Waals surface area contributed by atoms with Gasteiger partial charge >= 0.3 is 21.7 Å². The summed E-state index contributed by atoms with van der Waals surface area (Å²) in [4.78, 5) is 0. The van der Waals surface area contributed by atoms with Crippen molar-refractivity contribution in [3.8, 4) is 5.54 Å². The molecule has 112 valence electrons. The second-order valence-electron chi connectivity index (χ2n) is 5.52. The molecule has 5 heteroatoms. The molecule has 0 amide bonds. The van der Waals surface area contributed by atoms with E-state index in [1.54, 1.807) is 41.5 Å². The Kier molecular flexibility index (Phi) is 34.5. The summed E-state index contributed by atoms with van der Waals surface area (Å²) < 4.78 is 0. The molecule has 0 atom stereocenters. The molecular formula is C14H30O3SiTi. The van der Waals surface area contributed by atoms with E-state index in [0.717, 1.165) is 0 Å². The van der Waals surface area contributed by atoms with Crippen molar-refractivity contribution in [2.24, 2.45) is 0 Å². The van der Waals surface area contributed by atoms with Crippen LogP contribution in [0.4, 0.5) is 0 Å². The summed E-state index contributed by atoms with van der Waals surface area (Å²) in [5, 5.41) is 28.6. The Morgan fingerprint density at radius 2 is 0.789 bits per heavy atom. The standard InChI is InChI=1S/C5H9Si.3C3H7O.Ti/c1-5-6(2,3)4;3*1-3(2)4;/h2-4H3;3*3H,1-2H3;/q4*-1;+4. The van der Waals surface area contributed by atoms with Gasteiger partial charge in [0.25, 0.3) is 0 Å². The van der Waals surface area contributed by atoms with Crippen molar-refractivity contribution in [2.45, 2.75) is 79.5 Å². The van der Waals surface area contributed by atoms with E-state index in [1.807, 2.05) is 0 Å². The predicted molar refractivity (Wildman–Crippen MR) is 75.9 cm³/mol. The second-order valence-corrected chi connectivity index (χ2v) is 10.3. The van der Waals surface area contributed by atoms with E-state index >= 15 is 0 Å². The normalized spacial score (nSPS) is 8.95. The van der Waals surface area contributed by atoms with Gasteiger partial charge in [0.2, 0.25) is 0 Å². The first-order chi connectivity index (χ1) is 7.76. The summed E-state index contributed by atoms with van der Waals surface area (Å²) in [7, 11) is -1.21. The first-order valence-corrected chi connectivity index (χ1v) is 9.67. The van der Waals surface area contributed by atoms with Gasteiger partial charge in [0.1, 0.15) is 0 Å². The van der Waals surface area contributed by atoms with Crippen molar-refractivity contribution in [3.63, 3.8) is 0 Å². The van der Waals surface area contributed by atoms with Crippen LogP contribution in [-0.2, 0) is 21.7 Å². The molecule has 0 fully saturated rings. The summed E-state index contributed by atoms with van der Waals surface area (Å²) in [6, 6.07) is 0. The summed E-state index contributed by atoms with van der Waals surface area (Å²) in [6.45, 7) is 15.9. The molecule has 0 aromatic carbocycles. The van der Waals surface area contributed by atoms with Crippen LogP contribution in [0.2, 0.25) is 19.6 Å². The minimum absolute atomic E-state index is 0. The van der Waals surface area contributed by atoms with E-state index in [9.17, 15) is 15.3 Å². The smallest absolute Gasteiger partial charge is 0.852 e. The molecule has 0 radical (unpaired) electrons. The number of hydrogen-bond acceptors (Lipinski definition) is 3. The molecule has 0 aromatic rings. The summed E-state index contributed by atoms with van der Waals surface area (Å²) in [5.74, 6) is 0. The van der Waals surface area contributed by atoms with Crippen LogP contribution < -0.4 is 15.3 Å². The molecule has 3 nitrogen and oxygen atoms in total. The first-order valence-electron chi connectivity index (χ1n) is 6.17. The van der Waals surface area contributed by atoms with E-state index in [0.29, 0.717) is 0 Å². The molecule has 19 heavy (non-hydrogen) atoms. The molecule has 0 bridgehead atoms. The molecule has 0 aliphatic heterocycles. The quantitative estimate of drug-likeness (QED) is 0.375. The van der Waals surface area contributed by atoms with Crippen LogP contribution in [0.5, 0.6) is 0 Å². The maximum atomic E-state index is 9.53. The average Bonchev–Trinajstić information content (AvgIpc) is 1.99. The molecule has 0 aliphatic rings. The van der Waals surface area contributed by atoms with E-state index in [1.165, 1.54) is 0 Å². The number of hydrogen-bond donors (Lipinski definition) is 0. The third-order valence-electron chi connectivity index (χ3n) is 0.375. The van der Waals surface area contributed by atoms with Gasteiger partial charge in [0.15, 0.2) is 0 Å². The van der Waals surface area contributed by atoms with Crippen molar-refractivity contribution < 1.29 is 37.0 Å². The fourth-order valence-corrected chi connectivity index (χ4v) is 0. The van der Waals surface area contributed by atoms with Crippen LogP contribution in [0.1, 0.15) is 41.5 Å². The molecule has 0 saturated carbocycles. The van der Waals surface area contributed by atoms with Gasteiger partial charge < -0.3 is 27.3 Å². The van der Waals surface area contributed by atoms with Crippen molar-refractivity contribution in [1.82, 2.24) is 0 Å². The summed E-state index contributed by atoms with van der Waals surface area (Å²) in [5.41, 5.74) is 2.49. The molecule has 0 aromatic heterocycles. The molecular weight excluding hydrogens is 292 g/mol. The van der Waals surface area contributed by atoms with Gasteiger partial charge in [-0.3, -0.25) is 0 Å². The Morgan fingerprint density at radius 1 is 0.737 bits per heavy atom. The molecule has 0 aliphatic carbocycles. The Morgan fingerprint density at radius 3 is 0.789 bits per heavy atom. The van der Waals surface area contributed by atoms with Gasteiger partial charge in [-0.15, -0.1) is 18.3 Å². The van der Waals surface area contributed by atoms with E-state index in [-0.39, 0.29) is 21.7 Å². The molecule has 0 heterocycles. The molecule has 0 saturated heterocycles. The Bertz CT molecular complexity index is 160. The van der Waals surface area contributed by atoms with Crippen molar-refractivity contribution in [3.05, 3.63) is 6.42 Å². The van der Waals surface area contributed by atoms with Crippen LogP contribution in [0.3, 0.4) is 0 Å². The Hall–Kier alpha value is 0.371. The Labute approximate surface area is 136 Å². The Balaban J connectivity index is -0.0000000459. The monoisotopic (exact) mass is 322 g/mol. The van der Waals surface area contributed by atoms with Crippen LogP contribution in [-0.4, -0.2) is 26.4 Å². The minimum atomic E-state index is -1.21. The van der Waals surface area contributed by atoms with Crippen molar-refractivity contribution in [2.75, 3.05) is 0 Å². The van der Waals surface area contributed by atoms with Gasteiger partial charge in [0, 0.05) is 0 Å². The van der Waals surface area contributed by atoms with Gasteiger partial charge in [-0.25, -0.2) is 0 Å². The molecule has 0 unspecified atom stereocenters. The van der Waals surface area contributed by atoms with Crippen LogP contribution >= 0.6 is 0 Å². The van der Waals surface area contributed by atoms with Crippen LogP contribution in [0.25, 0.3) is 0 Å². The fourth-order valence-electron chi connectivity index (χ4n) is 0. The third-order valence-corrected chi connectivity index (χ3v) is 1.12. The van der Waals surface area contributed by atoms with Crippen molar-refractivity contribution in [1.29, 1.82) is 0 Å².